The first kappa shape index (κ1) is 11.8. The van der Waals surface area contributed by atoms with Gasteiger partial charge in [0.25, 0.3) is 6.01 Å². The van der Waals surface area contributed by atoms with Crippen LogP contribution < -0.4 is 10.6 Å². The molecule has 2 N–H and O–H groups in total. The zero-order valence-electron chi connectivity index (χ0n) is 10.1. The fraction of sp³-hybridized carbons (Fsp3) is 0.462. The Balaban J connectivity index is 1.82. The molecule has 96 valence electrons. The number of nitrogens with zero attached hydrogens (tertiary/aromatic N) is 2. The maximum Gasteiger partial charge on any atom is 0.298 e. The monoisotopic (exact) mass is 265 g/mol. The largest absolute Gasteiger partial charge is 0.423 e. The van der Waals surface area contributed by atoms with E-state index in [1.165, 1.54) is 0 Å². The molecule has 1 fully saturated rings. The van der Waals surface area contributed by atoms with Gasteiger partial charge in [-0.3, -0.25) is 0 Å². The molecule has 1 aromatic carbocycles. The Morgan fingerprint density at radius 3 is 2.89 bits per heavy atom. The molecule has 0 spiro atoms. The molecule has 3 rings (SSSR count). The van der Waals surface area contributed by atoms with Crippen LogP contribution in [0.1, 0.15) is 12.8 Å². The van der Waals surface area contributed by atoms with Crippen LogP contribution >= 0.6 is 11.6 Å². The molecule has 0 aliphatic carbocycles. The van der Waals surface area contributed by atoms with Crippen molar-refractivity contribution in [3.05, 3.63) is 23.2 Å². The molecule has 1 aromatic heterocycles. The minimum absolute atomic E-state index is 0.639. The van der Waals surface area contributed by atoms with Crippen molar-refractivity contribution in [2.24, 2.45) is 11.7 Å². The van der Waals surface area contributed by atoms with Crippen LogP contribution in [0.15, 0.2) is 22.6 Å². The minimum atomic E-state index is 0.639. The number of oxazole rings is 1. The lowest BCUT2D eigenvalue weighted by Gasteiger charge is -2.29. The molecule has 18 heavy (non-hydrogen) atoms. The van der Waals surface area contributed by atoms with Gasteiger partial charge in [0.1, 0.15) is 5.52 Å². The summed E-state index contributed by atoms with van der Waals surface area (Å²) in [7, 11) is 0. The second kappa shape index (κ2) is 4.78. The van der Waals surface area contributed by atoms with Crippen LogP contribution in [0.2, 0.25) is 5.02 Å². The van der Waals surface area contributed by atoms with Crippen LogP contribution in [0, 0.1) is 5.92 Å². The van der Waals surface area contributed by atoms with Crippen LogP contribution in [-0.2, 0) is 0 Å². The molecule has 2 aromatic rings. The molecule has 0 bridgehead atoms. The third kappa shape index (κ3) is 2.18. The summed E-state index contributed by atoms with van der Waals surface area (Å²) in [6.07, 6.45) is 2.21. The summed E-state index contributed by atoms with van der Waals surface area (Å²) in [5.41, 5.74) is 7.30. The van der Waals surface area contributed by atoms with Gasteiger partial charge in [0, 0.05) is 18.1 Å². The molecule has 4 nitrogen and oxygen atoms in total. The Bertz CT molecular complexity index is 546. The fourth-order valence-electron chi connectivity index (χ4n) is 2.38. The summed E-state index contributed by atoms with van der Waals surface area (Å²) in [4.78, 5) is 6.67. The normalized spacial score (nSPS) is 17.6. The second-order valence-corrected chi connectivity index (χ2v) is 5.21. The van der Waals surface area contributed by atoms with Crippen LogP contribution in [0.5, 0.6) is 0 Å². The molecule has 5 heteroatoms. The average molecular weight is 266 g/mol. The molecular weight excluding hydrogens is 250 g/mol. The highest BCUT2D eigenvalue weighted by Crippen LogP contribution is 2.27. The van der Waals surface area contributed by atoms with Crippen molar-refractivity contribution in [1.29, 1.82) is 0 Å². The number of hydrogen-bond donors (Lipinski definition) is 1. The maximum atomic E-state index is 5.94. The van der Waals surface area contributed by atoms with E-state index in [0.29, 0.717) is 17.0 Å². The van der Waals surface area contributed by atoms with Gasteiger partial charge in [-0.15, -0.1) is 0 Å². The number of hydrogen-bond acceptors (Lipinski definition) is 4. The Morgan fingerprint density at radius 1 is 1.39 bits per heavy atom. The molecule has 0 amide bonds. The predicted octanol–water partition coefficient (Wildman–Crippen LogP) is 2.66. The lowest BCUT2D eigenvalue weighted by atomic mass is 9.97. The summed E-state index contributed by atoms with van der Waals surface area (Å²) < 4.78 is 5.76. The van der Waals surface area contributed by atoms with Crippen molar-refractivity contribution in [3.8, 4) is 0 Å². The Morgan fingerprint density at radius 2 is 2.17 bits per heavy atom. The highest BCUT2D eigenvalue weighted by atomic mass is 35.5. The molecule has 0 atom stereocenters. The first-order chi connectivity index (χ1) is 8.76. The summed E-state index contributed by atoms with van der Waals surface area (Å²) in [6.45, 7) is 2.70. The van der Waals surface area contributed by atoms with Crippen LogP contribution in [0.3, 0.4) is 0 Å². The van der Waals surface area contributed by atoms with Gasteiger partial charge in [-0.1, -0.05) is 11.6 Å². The summed E-state index contributed by atoms with van der Waals surface area (Å²) in [6, 6.07) is 6.21. The van der Waals surface area contributed by atoms with Crippen molar-refractivity contribution in [3.63, 3.8) is 0 Å². The predicted molar refractivity (Wildman–Crippen MR) is 73.0 cm³/mol. The summed E-state index contributed by atoms with van der Waals surface area (Å²) >= 11 is 5.94. The van der Waals surface area contributed by atoms with Gasteiger partial charge in [0.2, 0.25) is 0 Å². The van der Waals surface area contributed by atoms with Crippen molar-refractivity contribution in [2.75, 3.05) is 24.5 Å². The first-order valence-electron chi connectivity index (χ1n) is 6.27. The zero-order valence-corrected chi connectivity index (χ0v) is 10.9. The van der Waals surface area contributed by atoms with Gasteiger partial charge < -0.3 is 15.1 Å². The van der Waals surface area contributed by atoms with E-state index < -0.39 is 0 Å². The van der Waals surface area contributed by atoms with E-state index in [4.69, 9.17) is 21.8 Å². The average Bonchev–Trinajstić information content (AvgIpc) is 2.81. The van der Waals surface area contributed by atoms with Crippen LogP contribution in [0.25, 0.3) is 11.1 Å². The zero-order chi connectivity index (χ0) is 12.5. The molecule has 2 heterocycles. The minimum Gasteiger partial charge on any atom is -0.423 e. The molecular formula is C13H16ClN3O. The molecule has 0 saturated carbocycles. The standard InChI is InChI=1S/C13H16ClN3O/c14-10-1-2-12-11(7-10)16-13(18-12)17-5-3-9(8-15)4-6-17/h1-2,7,9H,3-6,8,15H2. The number of halogens is 1. The van der Waals surface area contributed by atoms with Crippen molar-refractivity contribution in [1.82, 2.24) is 4.98 Å². The SMILES string of the molecule is NCC1CCN(c2nc3cc(Cl)ccc3o2)CC1. The quantitative estimate of drug-likeness (QED) is 0.907. The summed E-state index contributed by atoms with van der Waals surface area (Å²) in [5.74, 6) is 0.639. The van der Waals surface area contributed by atoms with E-state index in [9.17, 15) is 0 Å². The van der Waals surface area contributed by atoms with E-state index in [-0.39, 0.29) is 0 Å². The topological polar surface area (TPSA) is 55.3 Å². The molecule has 0 unspecified atom stereocenters. The number of aromatic nitrogens is 1. The molecule has 0 radical (unpaired) electrons. The van der Waals surface area contributed by atoms with E-state index >= 15 is 0 Å². The van der Waals surface area contributed by atoms with Gasteiger partial charge in [-0.05, 0) is 43.5 Å². The van der Waals surface area contributed by atoms with Crippen LogP contribution in [-0.4, -0.2) is 24.6 Å². The van der Waals surface area contributed by atoms with Gasteiger partial charge in [-0.2, -0.15) is 4.98 Å². The highest BCUT2D eigenvalue weighted by molar-refractivity contribution is 6.31. The van der Waals surface area contributed by atoms with Crippen LogP contribution in [0.4, 0.5) is 6.01 Å². The van der Waals surface area contributed by atoms with E-state index in [1.807, 2.05) is 18.2 Å². The first-order valence-corrected chi connectivity index (χ1v) is 6.65. The Hall–Kier alpha value is -1.26. The van der Waals surface area contributed by atoms with E-state index in [1.54, 1.807) is 0 Å². The van der Waals surface area contributed by atoms with Gasteiger partial charge in [0.05, 0.1) is 0 Å². The molecule has 1 saturated heterocycles. The van der Waals surface area contributed by atoms with Gasteiger partial charge >= 0.3 is 0 Å². The maximum absolute atomic E-state index is 5.94. The number of rotatable bonds is 2. The third-order valence-corrected chi connectivity index (χ3v) is 3.79. The second-order valence-electron chi connectivity index (χ2n) is 4.77. The highest BCUT2D eigenvalue weighted by Gasteiger charge is 2.21. The third-order valence-electron chi connectivity index (χ3n) is 3.56. The number of fused-ring (bicyclic) bond motifs is 1. The lowest BCUT2D eigenvalue weighted by molar-refractivity contribution is 0.398. The molecule has 1 aliphatic rings. The number of nitrogens with two attached hydrogens (primary N) is 1. The Labute approximate surface area is 111 Å². The van der Waals surface area contributed by atoms with E-state index in [2.05, 4.69) is 9.88 Å². The van der Waals surface area contributed by atoms with Crippen molar-refractivity contribution in [2.45, 2.75) is 12.8 Å². The number of piperidine rings is 1. The molecule has 1 aliphatic heterocycles. The van der Waals surface area contributed by atoms with Gasteiger partial charge in [0.15, 0.2) is 5.58 Å². The van der Waals surface area contributed by atoms with Crippen molar-refractivity contribution >= 4 is 28.7 Å². The van der Waals surface area contributed by atoms with Crippen molar-refractivity contribution < 1.29 is 4.42 Å². The fourth-order valence-corrected chi connectivity index (χ4v) is 2.55. The van der Waals surface area contributed by atoms with Gasteiger partial charge in [-0.25, -0.2) is 0 Å². The number of anilines is 1. The summed E-state index contributed by atoms with van der Waals surface area (Å²) in [5, 5.41) is 0.684. The smallest absolute Gasteiger partial charge is 0.298 e. The van der Waals surface area contributed by atoms with E-state index in [0.717, 1.165) is 43.6 Å². The lowest BCUT2D eigenvalue weighted by Crippen LogP contribution is -2.36. The number of benzene rings is 1. The Kier molecular flexibility index (Phi) is 3.14.